The van der Waals surface area contributed by atoms with Crippen molar-refractivity contribution in [1.29, 1.82) is 0 Å². The molecule has 2 aromatic carbocycles. The molecule has 1 aliphatic rings. The molecule has 2 aromatic rings. The summed E-state index contributed by atoms with van der Waals surface area (Å²) >= 11 is 3.60. The van der Waals surface area contributed by atoms with Crippen molar-refractivity contribution >= 4 is 27.5 Å². The maximum atomic E-state index is 12.8. The lowest BCUT2D eigenvalue weighted by Crippen LogP contribution is -2.29. The van der Waals surface area contributed by atoms with Gasteiger partial charge >= 0.3 is 0 Å². The Bertz CT molecular complexity index is 729. The van der Waals surface area contributed by atoms with E-state index in [2.05, 4.69) is 22.0 Å². The van der Waals surface area contributed by atoms with E-state index in [1.807, 2.05) is 55.1 Å². The number of carbonyl (C=O) groups is 1. The fraction of sp³-hybridized carbons (Fsp3) is 0.316. The molecule has 0 fully saturated rings. The van der Waals surface area contributed by atoms with E-state index in [0.717, 1.165) is 27.0 Å². The fourth-order valence-electron chi connectivity index (χ4n) is 3.18. The summed E-state index contributed by atoms with van der Waals surface area (Å²) in [6, 6.07) is 14.0. The van der Waals surface area contributed by atoms with Crippen LogP contribution in [0.4, 0.5) is 5.69 Å². The third-order valence-corrected chi connectivity index (χ3v) is 5.01. The van der Waals surface area contributed by atoms with Gasteiger partial charge < -0.3 is 9.64 Å². The Morgan fingerprint density at radius 1 is 1.17 bits per heavy atom. The number of likely N-dealkylation sites (N-methyl/N-ethyl adjacent to an activating group) is 1. The van der Waals surface area contributed by atoms with Gasteiger partial charge in [-0.1, -0.05) is 34.1 Å². The molecule has 4 heteroatoms. The van der Waals surface area contributed by atoms with Gasteiger partial charge in [0.15, 0.2) is 0 Å². The Morgan fingerprint density at radius 3 is 2.70 bits per heavy atom. The number of hydrogen-bond acceptors (Lipinski definition) is 2. The average molecular weight is 374 g/mol. The van der Waals surface area contributed by atoms with Crippen molar-refractivity contribution in [3.05, 3.63) is 58.1 Å². The van der Waals surface area contributed by atoms with Gasteiger partial charge in [0, 0.05) is 16.7 Å². The second-order valence-electron chi connectivity index (χ2n) is 5.58. The standard InChI is InChI=1S/C19H20BrNO2/c1-3-21-18-8-6-5-7-15(18)16(19(21)22)12-13-11-14(23-4-2)9-10-17(13)20/h5-11,16H,3-4,12H2,1-2H3. The van der Waals surface area contributed by atoms with Gasteiger partial charge in [0.2, 0.25) is 5.91 Å². The van der Waals surface area contributed by atoms with Gasteiger partial charge in [-0.3, -0.25) is 4.79 Å². The predicted molar refractivity (Wildman–Crippen MR) is 96.2 cm³/mol. The van der Waals surface area contributed by atoms with Crippen LogP contribution >= 0.6 is 15.9 Å². The van der Waals surface area contributed by atoms with E-state index in [9.17, 15) is 4.79 Å². The van der Waals surface area contributed by atoms with Crippen molar-refractivity contribution in [2.75, 3.05) is 18.1 Å². The zero-order valence-electron chi connectivity index (χ0n) is 13.4. The third-order valence-electron chi connectivity index (χ3n) is 4.24. The first-order valence-corrected chi connectivity index (χ1v) is 8.76. The number of para-hydroxylation sites is 1. The highest BCUT2D eigenvalue weighted by atomic mass is 79.9. The highest BCUT2D eigenvalue weighted by molar-refractivity contribution is 9.10. The molecule has 0 aromatic heterocycles. The summed E-state index contributed by atoms with van der Waals surface area (Å²) < 4.78 is 6.60. The molecular formula is C19H20BrNO2. The summed E-state index contributed by atoms with van der Waals surface area (Å²) in [6.07, 6.45) is 0.674. The van der Waals surface area contributed by atoms with Crippen LogP contribution < -0.4 is 9.64 Å². The van der Waals surface area contributed by atoms with Crippen LogP contribution in [0.15, 0.2) is 46.9 Å². The van der Waals surface area contributed by atoms with Crippen molar-refractivity contribution < 1.29 is 9.53 Å². The average Bonchev–Trinajstić information content (AvgIpc) is 2.82. The number of anilines is 1. The normalized spacial score (nSPS) is 16.6. The summed E-state index contributed by atoms with van der Waals surface area (Å²) in [5, 5.41) is 0. The molecule has 120 valence electrons. The highest BCUT2D eigenvalue weighted by Crippen LogP contribution is 2.40. The molecule has 1 unspecified atom stereocenters. The number of hydrogen-bond donors (Lipinski definition) is 0. The minimum Gasteiger partial charge on any atom is -0.494 e. The minimum atomic E-state index is -0.126. The van der Waals surface area contributed by atoms with Gasteiger partial charge in [-0.25, -0.2) is 0 Å². The van der Waals surface area contributed by atoms with E-state index in [1.165, 1.54) is 0 Å². The molecule has 3 nitrogen and oxygen atoms in total. The number of fused-ring (bicyclic) bond motifs is 1. The fourth-order valence-corrected chi connectivity index (χ4v) is 3.58. The minimum absolute atomic E-state index is 0.126. The molecule has 1 heterocycles. The molecule has 0 saturated carbocycles. The smallest absolute Gasteiger partial charge is 0.234 e. The second kappa shape index (κ2) is 6.75. The Morgan fingerprint density at radius 2 is 1.96 bits per heavy atom. The van der Waals surface area contributed by atoms with Gasteiger partial charge in [-0.15, -0.1) is 0 Å². The van der Waals surface area contributed by atoms with E-state index in [-0.39, 0.29) is 11.8 Å². The van der Waals surface area contributed by atoms with Crippen LogP contribution in [0.25, 0.3) is 0 Å². The van der Waals surface area contributed by atoms with E-state index in [4.69, 9.17) is 4.74 Å². The number of nitrogens with zero attached hydrogens (tertiary/aromatic N) is 1. The van der Waals surface area contributed by atoms with Crippen LogP contribution in [-0.2, 0) is 11.2 Å². The predicted octanol–water partition coefficient (Wildman–Crippen LogP) is 4.54. The van der Waals surface area contributed by atoms with Crippen LogP contribution in [0.2, 0.25) is 0 Å². The SMILES string of the molecule is CCOc1ccc(Br)c(CC2C(=O)N(CC)c3ccccc32)c1. The largest absolute Gasteiger partial charge is 0.494 e. The number of amides is 1. The summed E-state index contributed by atoms with van der Waals surface area (Å²) in [7, 11) is 0. The zero-order valence-corrected chi connectivity index (χ0v) is 15.0. The number of benzene rings is 2. The molecule has 23 heavy (non-hydrogen) atoms. The van der Waals surface area contributed by atoms with E-state index < -0.39 is 0 Å². The maximum Gasteiger partial charge on any atom is 0.234 e. The van der Waals surface area contributed by atoms with Crippen molar-refractivity contribution in [3.63, 3.8) is 0 Å². The van der Waals surface area contributed by atoms with Crippen molar-refractivity contribution in [2.45, 2.75) is 26.2 Å². The molecule has 0 saturated heterocycles. The molecule has 1 aliphatic heterocycles. The Kier molecular flexibility index (Phi) is 4.71. The van der Waals surface area contributed by atoms with Crippen molar-refractivity contribution in [3.8, 4) is 5.75 Å². The molecule has 0 N–H and O–H groups in total. The number of halogens is 1. The lowest BCUT2D eigenvalue weighted by atomic mass is 9.93. The van der Waals surface area contributed by atoms with Crippen molar-refractivity contribution in [2.24, 2.45) is 0 Å². The second-order valence-corrected chi connectivity index (χ2v) is 6.44. The molecule has 0 bridgehead atoms. The Labute approximate surface area is 145 Å². The first-order chi connectivity index (χ1) is 11.2. The summed E-state index contributed by atoms with van der Waals surface area (Å²) in [5.74, 6) is 0.901. The molecule has 1 atom stereocenters. The number of ether oxygens (including phenoxy) is 1. The molecule has 0 radical (unpaired) electrons. The van der Waals surface area contributed by atoms with Gasteiger partial charge in [-0.2, -0.15) is 0 Å². The van der Waals surface area contributed by atoms with Crippen LogP contribution in [0.3, 0.4) is 0 Å². The molecular weight excluding hydrogens is 354 g/mol. The summed E-state index contributed by atoms with van der Waals surface area (Å²) in [5.41, 5.74) is 3.26. The maximum absolute atomic E-state index is 12.8. The summed E-state index contributed by atoms with van der Waals surface area (Å²) in [6.45, 7) is 5.32. The van der Waals surface area contributed by atoms with Crippen LogP contribution in [-0.4, -0.2) is 19.1 Å². The lowest BCUT2D eigenvalue weighted by Gasteiger charge is -2.16. The molecule has 3 rings (SSSR count). The molecule has 1 amide bonds. The van der Waals surface area contributed by atoms with Crippen LogP contribution in [0.5, 0.6) is 5.75 Å². The van der Waals surface area contributed by atoms with Gasteiger partial charge in [-0.05, 0) is 55.7 Å². The molecule has 0 spiro atoms. The van der Waals surface area contributed by atoms with E-state index in [0.29, 0.717) is 19.6 Å². The van der Waals surface area contributed by atoms with Crippen LogP contribution in [0.1, 0.15) is 30.9 Å². The van der Waals surface area contributed by atoms with E-state index in [1.54, 1.807) is 0 Å². The van der Waals surface area contributed by atoms with Crippen LogP contribution in [0, 0.1) is 0 Å². The zero-order chi connectivity index (χ0) is 16.4. The Hall–Kier alpha value is -1.81. The number of carbonyl (C=O) groups excluding carboxylic acids is 1. The number of rotatable bonds is 5. The Balaban J connectivity index is 1.94. The summed E-state index contributed by atoms with van der Waals surface area (Å²) in [4.78, 5) is 14.7. The third kappa shape index (κ3) is 3.00. The van der Waals surface area contributed by atoms with Gasteiger partial charge in [0.1, 0.15) is 5.75 Å². The highest BCUT2D eigenvalue weighted by Gasteiger charge is 2.36. The first kappa shape index (κ1) is 16.1. The molecule has 0 aliphatic carbocycles. The first-order valence-electron chi connectivity index (χ1n) is 7.97. The lowest BCUT2D eigenvalue weighted by molar-refractivity contribution is -0.119. The van der Waals surface area contributed by atoms with Crippen molar-refractivity contribution in [1.82, 2.24) is 0 Å². The van der Waals surface area contributed by atoms with Gasteiger partial charge in [0.25, 0.3) is 0 Å². The van der Waals surface area contributed by atoms with E-state index >= 15 is 0 Å². The quantitative estimate of drug-likeness (QED) is 0.769. The monoisotopic (exact) mass is 373 g/mol. The van der Waals surface area contributed by atoms with Gasteiger partial charge in [0.05, 0.1) is 12.5 Å². The topological polar surface area (TPSA) is 29.5 Å².